The van der Waals surface area contributed by atoms with E-state index in [-0.39, 0.29) is 5.41 Å². The van der Waals surface area contributed by atoms with Crippen LogP contribution in [-0.4, -0.2) is 9.13 Å². The van der Waals surface area contributed by atoms with Crippen molar-refractivity contribution in [1.29, 1.82) is 0 Å². The summed E-state index contributed by atoms with van der Waals surface area (Å²) in [4.78, 5) is 0. The third kappa shape index (κ3) is 2.94. The minimum atomic E-state index is -0.0563. The van der Waals surface area contributed by atoms with Crippen LogP contribution in [0, 0.1) is 6.92 Å². The van der Waals surface area contributed by atoms with Crippen LogP contribution in [0.25, 0.3) is 66.1 Å². The fourth-order valence-electron chi connectivity index (χ4n) is 7.74. The molecule has 0 unspecified atom stereocenters. The van der Waals surface area contributed by atoms with Gasteiger partial charge in [0.05, 0.1) is 22.1 Å². The molecule has 0 radical (unpaired) electrons. The number of aromatic nitrogens is 2. The second-order valence-electron chi connectivity index (χ2n) is 12.3. The molecule has 0 spiro atoms. The van der Waals surface area contributed by atoms with Crippen molar-refractivity contribution in [2.75, 3.05) is 0 Å². The quantitative estimate of drug-likeness (QED) is 0.207. The SMILES string of the molecule is Cc1cc2c(c3c1c1ccccc1n3-c1ccc3c(c1)c1ccccc1n3-c1ccccc1)-c1ccccc1C2(C)C. The molecule has 0 bridgehead atoms. The lowest BCUT2D eigenvalue weighted by atomic mass is 9.81. The summed E-state index contributed by atoms with van der Waals surface area (Å²) >= 11 is 0. The molecule has 0 aliphatic heterocycles. The van der Waals surface area contributed by atoms with Crippen LogP contribution >= 0.6 is 0 Å². The largest absolute Gasteiger partial charge is 0.309 e. The highest BCUT2D eigenvalue weighted by Crippen LogP contribution is 2.53. The van der Waals surface area contributed by atoms with E-state index in [1.54, 1.807) is 0 Å². The molecule has 0 amide bonds. The van der Waals surface area contributed by atoms with Gasteiger partial charge < -0.3 is 9.13 Å². The number of rotatable bonds is 2. The van der Waals surface area contributed by atoms with E-state index in [0.29, 0.717) is 0 Å². The lowest BCUT2D eigenvalue weighted by molar-refractivity contribution is 0.660. The number of para-hydroxylation sites is 3. The Bertz CT molecular complexity index is 2380. The minimum absolute atomic E-state index is 0.0563. The van der Waals surface area contributed by atoms with Gasteiger partial charge in [-0.05, 0) is 71.6 Å². The van der Waals surface area contributed by atoms with Crippen LogP contribution in [-0.2, 0) is 5.41 Å². The first-order valence-electron chi connectivity index (χ1n) is 14.8. The molecule has 2 nitrogen and oxygen atoms in total. The molecule has 1 aliphatic rings. The van der Waals surface area contributed by atoms with E-state index in [0.717, 1.165) is 0 Å². The van der Waals surface area contributed by atoms with E-state index in [1.165, 1.54) is 82.8 Å². The maximum atomic E-state index is 2.53. The number of aryl methyl sites for hydroxylation is 1. The van der Waals surface area contributed by atoms with Crippen molar-refractivity contribution in [1.82, 2.24) is 9.13 Å². The molecule has 2 heteroatoms. The summed E-state index contributed by atoms with van der Waals surface area (Å²) in [7, 11) is 0. The molecule has 9 rings (SSSR count). The molecule has 42 heavy (non-hydrogen) atoms. The standard InChI is InChI=1S/C40H30N2/c1-25-23-33-38(29-16-7-10-18-32(29)40(33,2)3)39-37(25)30-17-9-12-20-35(30)42(39)27-21-22-36-31(24-27)28-15-8-11-19-34(28)41(36)26-13-5-4-6-14-26/h4-24H,1-3H3. The van der Waals surface area contributed by atoms with Crippen molar-refractivity contribution in [3.05, 3.63) is 144 Å². The maximum absolute atomic E-state index is 2.53. The summed E-state index contributed by atoms with van der Waals surface area (Å²) < 4.78 is 4.92. The van der Waals surface area contributed by atoms with Crippen molar-refractivity contribution in [3.8, 4) is 22.5 Å². The van der Waals surface area contributed by atoms with Crippen LogP contribution in [0.4, 0.5) is 0 Å². The summed E-state index contributed by atoms with van der Waals surface area (Å²) in [5, 5.41) is 5.19. The molecule has 1 aliphatic carbocycles. The Morgan fingerprint density at radius 1 is 0.500 bits per heavy atom. The Balaban J connectivity index is 1.44. The Labute approximate surface area is 245 Å². The van der Waals surface area contributed by atoms with Gasteiger partial charge in [-0.15, -0.1) is 0 Å². The predicted octanol–water partition coefficient (Wildman–Crippen LogP) is 10.5. The molecule has 0 fully saturated rings. The van der Waals surface area contributed by atoms with E-state index < -0.39 is 0 Å². The lowest BCUT2D eigenvalue weighted by Gasteiger charge is -2.22. The molecule has 6 aromatic carbocycles. The average molecular weight is 539 g/mol. The van der Waals surface area contributed by atoms with Gasteiger partial charge in [-0.25, -0.2) is 0 Å². The smallest absolute Gasteiger partial charge is 0.0625 e. The Morgan fingerprint density at radius 2 is 1.14 bits per heavy atom. The van der Waals surface area contributed by atoms with Gasteiger partial charge in [-0.1, -0.05) is 98.8 Å². The third-order valence-corrected chi connectivity index (χ3v) is 9.61. The zero-order valence-electron chi connectivity index (χ0n) is 24.0. The van der Waals surface area contributed by atoms with E-state index >= 15 is 0 Å². The van der Waals surface area contributed by atoms with Gasteiger partial charge in [0.25, 0.3) is 0 Å². The summed E-state index contributed by atoms with van der Waals surface area (Å²) in [6, 6.07) is 46.9. The monoisotopic (exact) mass is 538 g/mol. The van der Waals surface area contributed by atoms with Crippen LogP contribution < -0.4 is 0 Å². The fraction of sp³-hybridized carbons (Fsp3) is 0.100. The molecule has 0 N–H and O–H groups in total. The maximum Gasteiger partial charge on any atom is 0.0625 e. The normalized spacial score (nSPS) is 13.8. The average Bonchev–Trinajstić information content (AvgIpc) is 3.62. The molecule has 200 valence electrons. The van der Waals surface area contributed by atoms with E-state index in [2.05, 4.69) is 157 Å². The van der Waals surface area contributed by atoms with Crippen LogP contribution in [0.15, 0.2) is 127 Å². The lowest BCUT2D eigenvalue weighted by Crippen LogP contribution is -2.15. The second-order valence-corrected chi connectivity index (χ2v) is 12.3. The molecule has 2 heterocycles. The van der Waals surface area contributed by atoms with Crippen LogP contribution in [0.3, 0.4) is 0 Å². The van der Waals surface area contributed by atoms with Gasteiger partial charge in [0.15, 0.2) is 0 Å². The van der Waals surface area contributed by atoms with Gasteiger partial charge in [-0.2, -0.15) is 0 Å². The third-order valence-electron chi connectivity index (χ3n) is 9.61. The van der Waals surface area contributed by atoms with Crippen molar-refractivity contribution < 1.29 is 0 Å². The summed E-state index contributed by atoms with van der Waals surface area (Å²) in [5.41, 5.74) is 14.2. The second kappa shape index (κ2) is 8.24. The van der Waals surface area contributed by atoms with E-state index in [9.17, 15) is 0 Å². The predicted molar refractivity (Wildman–Crippen MR) is 177 cm³/mol. The molecular formula is C40H30N2. The number of hydrogen-bond donors (Lipinski definition) is 0. The van der Waals surface area contributed by atoms with Gasteiger partial charge in [0, 0.05) is 43.9 Å². The van der Waals surface area contributed by atoms with Crippen LogP contribution in [0.5, 0.6) is 0 Å². The minimum Gasteiger partial charge on any atom is -0.309 e. The van der Waals surface area contributed by atoms with E-state index in [4.69, 9.17) is 0 Å². The Morgan fingerprint density at radius 3 is 1.95 bits per heavy atom. The van der Waals surface area contributed by atoms with Gasteiger partial charge >= 0.3 is 0 Å². The van der Waals surface area contributed by atoms with Crippen LogP contribution in [0.2, 0.25) is 0 Å². The number of fused-ring (bicyclic) bond motifs is 10. The van der Waals surface area contributed by atoms with Gasteiger partial charge in [0.1, 0.15) is 0 Å². The first-order valence-corrected chi connectivity index (χ1v) is 14.8. The molecule has 0 saturated heterocycles. The molecule has 8 aromatic rings. The molecule has 2 aromatic heterocycles. The molecular weight excluding hydrogens is 508 g/mol. The van der Waals surface area contributed by atoms with Gasteiger partial charge in [0.2, 0.25) is 0 Å². The van der Waals surface area contributed by atoms with Crippen LogP contribution in [0.1, 0.15) is 30.5 Å². The van der Waals surface area contributed by atoms with E-state index in [1.807, 2.05) is 0 Å². The first-order chi connectivity index (χ1) is 20.5. The van der Waals surface area contributed by atoms with Crippen molar-refractivity contribution in [3.63, 3.8) is 0 Å². The topological polar surface area (TPSA) is 9.86 Å². The summed E-state index contributed by atoms with van der Waals surface area (Å²) in [6.07, 6.45) is 0. The first kappa shape index (κ1) is 23.6. The zero-order valence-corrected chi connectivity index (χ0v) is 24.0. The summed E-state index contributed by atoms with van der Waals surface area (Å²) in [5.74, 6) is 0. The van der Waals surface area contributed by atoms with Crippen molar-refractivity contribution in [2.45, 2.75) is 26.2 Å². The highest BCUT2D eigenvalue weighted by atomic mass is 15.0. The number of nitrogens with zero attached hydrogens (tertiary/aromatic N) is 2. The Hall–Kier alpha value is -5.08. The Kier molecular flexibility index (Phi) is 4.63. The van der Waals surface area contributed by atoms with Gasteiger partial charge in [-0.3, -0.25) is 0 Å². The highest BCUT2D eigenvalue weighted by Gasteiger charge is 2.38. The fourth-order valence-corrected chi connectivity index (χ4v) is 7.74. The molecule has 0 saturated carbocycles. The molecule has 0 atom stereocenters. The highest BCUT2D eigenvalue weighted by molar-refractivity contribution is 6.17. The number of benzene rings is 6. The summed E-state index contributed by atoms with van der Waals surface area (Å²) in [6.45, 7) is 7.04. The number of hydrogen-bond acceptors (Lipinski definition) is 0. The van der Waals surface area contributed by atoms with Crippen molar-refractivity contribution >= 4 is 43.6 Å². The zero-order chi connectivity index (χ0) is 28.2. The van der Waals surface area contributed by atoms with Crippen molar-refractivity contribution in [2.24, 2.45) is 0 Å².